The lowest BCUT2D eigenvalue weighted by Gasteiger charge is -2.20. The van der Waals surface area contributed by atoms with Crippen molar-refractivity contribution < 1.29 is 14.7 Å². The lowest BCUT2D eigenvalue weighted by Crippen LogP contribution is -2.50. The predicted molar refractivity (Wildman–Crippen MR) is 74.2 cm³/mol. The van der Waals surface area contributed by atoms with E-state index in [0.29, 0.717) is 21.6 Å². The maximum absolute atomic E-state index is 12.3. The molecule has 1 amide bonds. The molecule has 0 saturated carbocycles. The van der Waals surface area contributed by atoms with E-state index in [1.54, 1.807) is 18.2 Å². The summed E-state index contributed by atoms with van der Waals surface area (Å²) in [7, 11) is 0. The van der Waals surface area contributed by atoms with Crippen molar-refractivity contribution in [1.82, 2.24) is 4.90 Å². The zero-order valence-corrected chi connectivity index (χ0v) is 12.2. The molecule has 1 aliphatic heterocycles. The molecule has 19 heavy (non-hydrogen) atoms. The highest BCUT2D eigenvalue weighted by Crippen LogP contribution is 2.26. The van der Waals surface area contributed by atoms with Gasteiger partial charge >= 0.3 is 5.97 Å². The number of likely N-dealkylation sites (tertiary alicyclic amines) is 1. The van der Waals surface area contributed by atoms with Gasteiger partial charge in [-0.3, -0.25) is 9.59 Å². The first-order valence-corrected chi connectivity index (χ1v) is 6.77. The van der Waals surface area contributed by atoms with Crippen LogP contribution in [0.25, 0.3) is 0 Å². The van der Waals surface area contributed by atoms with Gasteiger partial charge in [0.1, 0.15) is 5.54 Å². The Morgan fingerprint density at radius 2 is 2.16 bits per heavy atom. The summed E-state index contributed by atoms with van der Waals surface area (Å²) in [5.74, 6) is -1.34. The number of nitrogens with zero attached hydrogens (tertiary/aromatic N) is 1. The molecule has 5 nitrogen and oxygen atoms in total. The normalized spacial score (nSPS) is 22.6. The van der Waals surface area contributed by atoms with Crippen LogP contribution in [0.2, 0.25) is 5.02 Å². The van der Waals surface area contributed by atoms with Gasteiger partial charge in [-0.2, -0.15) is 0 Å². The van der Waals surface area contributed by atoms with Crippen LogP contribution in [0.4, 0.5) is 0 Å². The van der Waals surface area contributed by atoms with Gasteiger partial charge in [0.2, 0.25) is 0 Å². The summed E-state index contributed by atoms with van der Waals surface area (Å²) in [6.45, 7) is 0.340. The van der Waals surface area contributed by atoms with Crippen LogP contribution < -0.4 is 5.73 Å². The second-order valence-corrected chi connectivity index (χ2v) is 5.85. The van der Waals surface area contributed by atoms with Gasteiger partial charge in [0, 0.05) is 22.6 Å². The zero-order valence-electron chi connectivity index (χ0n) is 9.90. The van der Waals surface area contributed by atoms with Crippen LogP contribution >= 0.6 is 27.5 Å². The minimum absolute atomic E-state index is 0.0102. The zero-order chi connectivity index (χ0) is 14.2. The molecular formula is C12H12BrClN2O3. The first-order valence-electron chi connectivity index (χ1n) is 5.60. The Morgan fingerprint density at radius 3 is 2.68 bits per heavy atom. The van der Waals surface area contributed by atoms with Crippen molar-refractivity contribution in [3.05, 3.63) is 33.3 Å². The van der Waals surface area contributed by atoms with Crippen LogP contribution in [0.15, 0.2) is 22.7 Å². The average molecular weight is 348 g/mol. The summed E-state index contributed by atoms with van der Waals surface area (Å²) in [6, 6.07) is 4.84. The fraction of sp³-hybridized carbons (Fsp3) is 0.333. The Hall–Kier alpha value is -1.11. The molecule has 3 N–H and O–H groups in total. The van der Waals surface area contributed by atoms with Gasteiger partial charge in [-0.15, -0.1) is 0 Å². The van der Waals surface area contributed by atoms with Crippen molar-refractivity contribution in [3.8, 4) is 0 Å². The van der Waals surface area contributed by atoms with Gasteiger partial charge < -0.3 is 15.7 Å². The first-order chi connectivity index (χ1) is 8.83. The number of carboxylic acids is 1. The molecule has 0 aromatic heterocycles. The second kappa shape index (κ2) is 5.11. The lowest BCUT2D eigenvalue weighted by molar-refractivity contribution is -0.142. The highest BCUT2D eigenvalue weighted by molar-refractivity contribution is 9.10. The summed E-state index contributed by atoms with van der Waals surface area (Å²) in [5.41, 5.74) is 4.83. The van der Waals surface area contributed by atoms with E-state index in [1.165, 1.54) is 4.90 Å². The van der Waals surface area contributed by atoms with Crippen molar-refractivity contribution in [3.63, 3.8) is 0 Å². The van der Waals surface area contributed by atoms with Gasteiger partial charge in [0.15, 0.2) is 0 Å². The molecule has 1 atom stereocenters. The molecule has 1 aromatic rings. The second-order valence-electron chi connectivity index (χ2n) is 4.56. The predicted octanol–water partition coefficient (Wildman–Crippen LogP) is 1.73. The summed E-state index contributed by atoms with van der Waals surface area (Å²) >= 11 is 9.09. The number of carbonyl (C=O) groups is 2. The summed E-state index contributed by atoms with van der Waals surface area (Å²) in [5, 5.41) is 9.56. The van der Waals surface area contributed by atoms with Gasteiger partial charge in [-0.05, 0) is 40.5 Å². The molecule has 1 fully saturated rings. The largest absolute Gasteiger partial charge is 0.480 e. The molecule has 1 aliphatic rings. The van der Waals surface area contributed by atoms with E-state index in [2.05, 4.69) is 15.9 Å². The molecule has 0 bridgehead atoms. The third kappa shape index (κ3) is 2.75. The van der Waals surface area contributed by atoms with E-state index in [1.807, 2.05) is 0 Å². The maximum atomic E-state index is 12.3. The minimum Gasteiger partial charge on any atom is -0.480 e. The minimum atomic E-state index is -1.35. The SMILES string of the molecule is NC1(C(=O)O)CCN(C(=O)c2ccc(Cl)cc2Br)C1. The smallest absolute Gasteiger partial charge is 0.325 e. The van der Waals surface area contributed by atoms with E-state index in [4.69, 9.17) is 22.4 Å². The molecule has 1 heterocycles. The number of hydrogen-bond acceptors (Lipinski definition) is 3. The molecule has 102 valence electrons. The number of aliphatic carboxylic acids is 1. The molecule has 0 aliphatic carbocycles. The Balaban J connectivity index is 2.20. The van der Waals surface area contributed by atoms with Gasteiger partial charge in [-0.25, -0.2) is 0 Å². The van der Waals surface area contributed by atoms with Crippen molar-refractivity contribution in [1.29, 1.82) is 0 Å². The lowest BCUT2D eigenvalue weighted by atomic mass is 10.0. The summed E-state index contributed by atoms with van der Waals surface area (Å²) in [4.78, 5) is 24.8. The van der Waals surface area contributed by atoms with Crippen molar-refractivity contribution in [2.24, 2.45) is 5.73 Å². The Labute approximate surface area is 123 Å². The van der Waals surface area contributed by atoms with E-state index < -0.39 is 11.5 Å². The Morgan fingerprint density at radius 1 is 1.47 bits per heavy atom. The van der Waals surface area contributed by atoms with Crippen LogP contribution in [0, 0.1) is 0 Å². The van der Waals surface area contributed by atoms with E-state index in [9.17, 15) is 9.59 Å². The molecule has 0 spiro atoms. The highest BCUT2D eigenvalue weighted by atomic mass is 79.9. The third-order valence-electron chi connectivity index (χ3n) is 3.18. The van der Waals surface area contributed by atoms with E-state index in [-0.39, 0.29) is 18.9 Å². The van der Waals surface area contributed by atoms with Crippen molar-refractivity contribution in [2.75, 3.05) is 13.1 Å². The number of halogens is 2. The molecule has 1 aromatic carbocycles. The monoisotopic (exact) mass is 346 g/mol. The Bertz CT molecular complexity index is 552. The number of carbonyl (C=O) groups excluding carboxylic acids is 1. The molecule has 7 heteroatoms. The maximum Gasteiger partial charge on any atom is 0.325 e. The molecular weight excluding hydrogens is 336 g/mol. The van der Waals surface area contributed by atoms with Crippen LogP contribution in [0.3, 0.4) is 0 Å². The topological polar surface area (TPSA) is 83.6 Å². The van der Waals surface area contributed by atoms with Gasteiger partial charge in [0.25, 0.3) is 5.91 Å². The van der Waals surface area contributed by atoms with E-state index in [0.717, 1.165) is 0 Å². The molecule has 0 radical (unpaired) electrons. The number of carboxylic acid groups (broad SMARTS) is 1. The number of rotatable bonds is 2. The first kappa shape index (κ1) is 14.3. The molecule has 2 rings (SSSR count). The number of amides is 1. The van der Waals surface area contributed by atoms with Gasteiger partial charge in [-0.1, -0.05) is 11.6 Å². The Kier molecular flexibility index (Phi) is 3.85. The fourth-order valence-electron chi connectivity index (χ4n) is 2.01. The van der Waals surface area contributed by atoms with Crippen LogP contribution in [-0.2, 0) is 4.79 Å². The van der Waals surface area contributed by atoms with E-state index >= 15 is 0 Å². The average Bonchev–Trinajstić information content (AvgIpc) is 2.73. The van der Waals surface area contributed by atoms with Crippen LogP contribution in [0.5, 0.6) is 0 Å². The van der Waals surface area contributed by atoms with Crippen molar-refractivity contribution >= 4 is 39.4 Å². The summed E-state index contributed by atoms with van der Waals surface area (Å²) < 4.78 is 0.579. The van der Waals surface area contributed by atoms with Crippen LogP contribution in [0.1, 0.15) is 16.8 Å². The highest BCUT2D eigenvalue weighted by Gasteiger charge is 2.43. The molecule has 1 saturated heterocycles. The van der Waals surface area contributed by atoms with Crippen molar-refractivity contribution in [2.45, 2.75) is 12.0 Å². The quantitative estimate of drug-likeness (QED) is 0.853. The number of hydrogen-bond donors (Lipinski definition) is 2. The fourth-order valence-corrected chi connectivity index (χ4v) is 2.87. The standard InChI is InChI=1S/C12H12BrClN2O3/c13-9-5-7(14)1-2-8(9)10(17)16-4-3-12(15,6-16)11(18)19/h1-2,5H,3-4,6,15H2,(H,18,19). The van der Waals surface area contributed by atoms with Gasteiger partial charge in [0.05, 0.1) is 5.56 Å². The number of nitrogens with two attached hydrogens (primary N) is 1. The molecule has 1 unspecified atom stereocenters. The third-order valence-corrected chi connectivity index (χ3v) is 4.07. The number of benzene rings is 1. The van der Waals surface area contributed by atoms with Crippen LogP contribution in [-0.4, -0.2) is 40.5 Å². The summed E-state index contributed by atoms with van der Waals surface area (Å²) in [6.07, 6.45) is 0.249.